The maximum absolute atomic E-state index is 4.70. The van der Waals surface area contributed by atoms with Crippen molar-refractivity contribution in [2.24, 2.45) is 12.0 Å². The van der Waals surface area contributed by atoms with Gasteiger partial charge in [-0.15, -0.1) is 35.3 Å². The smallest absolute Gasteiger partial charge is 0.191 e. The lowest BCUT2D eigenvalue weighted by molar-refractivity contribution is 0.468. The lowest BCUT2D eigenvalue weighted by atomic mass is 10.1. The van der Waals surface area contributed by atoms with Crippen LogP contribution in [0.3, 0.4) is 0 Å². The number of hydrogen-bond acceptors (Lipinski definition) is 5. The van der Waals surface area contributed by atoms with Crippen LogP contribution < -0.4 is 15.5 Å². The highest BCUT2D eigenvalue weighted by Crippen LogP contribution is 2.19. The second kappa shape index (κ2) is 10.1. The number of aromatic nitrogens is 3. The predicted octanol–water partition coefficient (Wildman–Crippen LogP) is 2.53. The number of piperidine rings is 1. The number of nitrogens with one attached hydrogen (secondary N) is 2. The van der Waals surface area contributed by atoms with E-state index in [1.54, 1.807) is 11.3 Å². The van der Waals surface area contributed by atoms with Crippen LogP contribution in [-0.4, -0.2) is 46.4 Å². The topological polar surface area (TPSA) is 70.4 Å². The van der Waals surface area contributed by atoms with E-state index in [2.05, 4.69) is 45.7 Å². The quantitative estimate of drug-likeness (QED) is 0.384. The molecule has 0 amide bonds. The molecule has 9 heteroatoms. The molecule has 2 aromatic rings. The molecule has 2 N–H and O–H groups in total. The van der Waals surface area contributed by atoms with Crippen molar-refractivity contribution in [2.45, 2.75) is 39.3 Å². The Bertz CT molecular complexity index is 712. The van der Waals surface area contributed by atoms with Gasteiger partial charge in [-0.25, -0.2) is 9.98 Å². The highest BCUT2D eigenvalue weighted by molar-refractivity contribution is 14.0. The van der Waals surface area contributed by atoms with Crippen LogP contribution in [0.25, 0.3) is 0 Å². The van der Waals surface area contributed by atoms with Crippen molar-refractivity contribution in [2.75, 3.05) is 24.5 Å². The molecule has 1 aliphatic heterocycles. The maximum atomic E-state index is 4.70. The maximum Gasteiger partial charge on any atom is 0.191 e. The molecule has 7 nitrogen and oxygen atoms in total. The van der Waals surface area contributed by atoms with Crippen molar-refractivity contribution in [1.29, 1.82) is 0 Å². The minimum Gasteiger partial charge on any atom is -0.367 e. The minimum absolute atomic E-state index is 0. The van der Waals surface area contributed by atoms with Gasteiger partial charge in [-0.1, -0.05) is 0 Å². The third-order valence-corrected chi connectivity index (χ3v) is 5.10. The summed E-state index contributed by atoms with van der Waals surface area (Å²) in [6.45, 7) is 7.67. The fourth-order valence-corrected chi connectivity index (χ4v) is 3.75. The van der Waals surface area contributed by atoms with E-state index in [4.69, 9.17) is 4.99 Å². The Labute approximate surface area is 176 Å². The van der Waals surface area contributed by atoms with Gasteiger partial charge in [0.2, 0.25) is 0 Å². The molecule has 0 saturated carbocycles. The first-order chi connectivity index (χ1) is 12.1. The third kappa shape index (κ3) is 5.83. The van der Waals surface area contributed by atoms with Crippen LogP contribution >= 0.6 is 35.3 Å². The summed E-state index contributed by atoms with van der Waals surface area (Å²) in [7, 11) is 1.96. The van der Waals surface area contributed by atoms with E-state index < -0.39 is 0 Å². The number of halogens is 1. The first-order valence-electron chi connectivity index (χ1n) is 8.83. The number of rotatable bonds is 5. The molecule has 3 heterocycles. The average Bonchev–Trinajstić information content (AvgIpc) is 3.21. The zero-order chi connectivity index (χ0) is 17.6. The lowest BCUT2D eigenvalue weighted by Crippen LogP contribution is -2.51. The van der Waals surface area contributed by atoms with Crippen LogP contribution in [0.2, 0.25) is 0 Å². The van der Waals surface area contributed by atoms with Crippen LogP contribution in [0.4, 0.5) is 5.69 Å². The van der Waals surface area contributed by atoms with Gasteiger partial charge in [0.1, 0.15) is 5.01 Å². The number of aliphatic imine (C=N–C) groups is 1. The molecule has 3 rings (SSSR count). The molecule has 0 bridgehead atoms. The Kier molecular flexibility index (Phi) is 8.14. The Hall–Kier alpha value is -1.36. The third-order valence-electron chi connectivity index (χ3n) is 4.20. The summed E-state index contributed by atoms with van der Waals surface area (Å²) < 4.78 is 1.86. The molecule has 0 radical (unpaired) electrons. The van der Waals surface area contributed by atoms with E-state index in [0.29, 0.717) is 12.6 Å². The van der Waals surface area contributed by atoms with Crippen molar-refractivity contribution in [3.05, 3.63) is 28.5 Å². The number of anilines is 1. The van der Waals surface area contributed by atoms with E-state index in [1.807, 2.05) is 24.1 Å². The van der Waals surface area contributed by atoms with E-state index in [9.17, 15) is 0 Å². The van der Waals surface area contributed by atoms with E-state index in [0.717, 1.165) is 43.4 Å². The monoisotopic (exact) mass is 489 g/mol. The van der Waals surface area contributed by atoms with Gasteiger partial charge in [0.15, 0.2) is 5.96 Å². The zero-order valence-corrected chi connectivity index (χ0v) is 18.8. The Morgan fingerprint density at radius 3 is 2.92 bits per heavy atom. The summed E-state index contributed by atoms with van der Waals surface area (Å²) in [6.07, 6.45) is 8.23. The summed E-state index contributed by atoms with van der Waals surface area (Å²) in [4.78, 5) is 12.7. The molecule has 144 valence electrons. The molecular weight excluding hydrogens is 461 g/mol. The van der Waals surface area contributed by atoms with Crippen molar-refractivity contribution < 1.29 is 0 Å². The molecule has 1 fully saturated rings. The molecule has 0 spiro atoms. The predicted molar refractivity (Wildman–Crippen MR) is 119 cm³/mol. The number of thiazole rings is 1. The molecule has 1 atom stereocenters. The van der Waals surface area contributed by atoms with Crippen molar-refractivity contribution >= 4 is 47.0 Å². The standard InChI is InChI=1S/C17H27N7S.HI/c1-4-18-17(20-10-16-19-8-13(2)25-16)22-14-6-5-7-24(11-14)15-9-21-23(3)12-15;/h8-9,12,14H,4-7,10-11H2,1-3H3,(H2,18,20,22);1H. The summed E-state index contributed by atoms with van der Waals surface area (Å²) in [5.41, 5.74) is 1.19. The molecular formula is C17H28IN7S. The van der Waals surface area contributed by atoms with Gasteiger partial charge in [-0.05, 0) is 26.7 Å². The Balaban J connectivity index is 0.00000243. The summed E-state index contributed by atoms with van der Waals surface area (Å²) in [5, 5.41) is 12.3. The number of hydrogen-bond donors (Lipinski definition) is 2. The molecule has 2 aromatic heterocycles. The molecule has 1 aliphatic rings. The van der Waals surface area contributed by atoms with Crippen LogP contribution in [0.15, 0.2) is 23.6 Å². The minimum atomic E-state index is 0. The van der Waals surface area contributed by atoms with Gasteiger partial charge in [0.05, 0.1) is 18.4 Å². The molecule has 26 heavy (non-hydrogen) atoms. The first-order valence-corrected chi connectivity index (χ1v) is 9.65. The number of nitrogens with zero attached hydrogens (tertiary/aromatic N) is 5. The van der Waals surface area contributed by atoms with E-state index in [1.165, 1.54) is 10.6 Å². The van der Waals surface area contributed by atoms with Gasteiger partial charge in [-0.2, -0.15) is 5.10 Å². The van der Waals surface area contributed by atoms with E-state index in [-0.39, 0.29) is 24.0 Å². The first kappa shape index (κ1) is 20.9. The molecule has 1 unspecified atom stereocenters. The van der Waals surface area contributed by atoms with Gasteiger partial charge < -0.3 is 15.5 Å². The fourth-order valence-electron chi connectivity index (χ4n) is 3.04. The molecule has 0 aliphatic carbocycles. The number of guanidine groups is 1. The summed E-state index contributed by atoms with van der Waals surface area (Å²) in [5.74, 6) is 0.869. The average molecular weight is 489 g/mol. The van der Waals surface area contributed by atoms with Crippen molar-refractivity contribution in [3.8, 4) is 0 Å². The van der Waals surface area contributed by atoms with Gasteiger partial charge >= 0.3 is 0 Å². The second-order valence-electron chi connectivity index (χ2n) is 6.36. The highest BCUT2D eigenvalue weighted by atomic mass is 127. The lowest BCUT2D eigenvalue weighted by Gasteiger charge is -2.34. The SMILES string of the molecule is CCNC(=NCc1ncc(C)s1)NC1CCCN(c2cnn(C)c2)C1.I. The zero-order valence-electron chi connectivity index (χ0n) is 15.6. The molecule has 1 saturated heterocycles. The Morgan fingerprint density at radius 2 is 2.27 bits per heavy atom. The van der Waals surface area contributed by atoms with Crippen LogP contribution in [-0.2, 0) is 13.6 Å². The van der Waals surface area contributed by atoms with Gasteiger partial charge in [-0.3, -0.25) is 4.68 Å². The Morgan fingerprint density at radius 1 is 1.42 bits per heavy atom. The van der Waals surface area contributed by atoms with Crippen molar-refractivity contribution in [3.63, 3.8) is 0 Å². The van der Waals surface area contributed by atoms with Crippen LogP contribution in [0, 0.1) is 6.92 Å². The highest BCUT2D eigenvalue weighted by Gasteiger charge is 2.21. The van der Waals surface area contributed by atoms with Crippen LogP contribution in [0.1, 0.15) is 29.7 Å². The molecule has 0 aromatic carbocycles. The number of aryl methyl sites for hydroxylation is 2. The van der Waals surface area contributed by atoms with Gasteiger partial charge in [0.25, 0.3) is 0 Å². The summed E-state index contributed by atoms with van der Waals surface area (Å²) >= 11 is 1.70. The summed E-state index contributed by atoms with van der Waals surface area (Å²) in [6, 6.07) is 0.379. The van der Waals surface area contributed by atoms with Crippen molar-refractivity contribution in [1.82, 2.24) is 25.4 Å². The fraction of sp³-hybridized carbons (Fsp3) is 0.588. The van der Waals surface area contributed by atoms with E-state index >= 15 is 0 Å². The largest absolute Gasteiger partial charge is 0.367 e. The second-order valence-corrected chi connectivity index (χ2v) is 7.68. The normalized spacial score (nSPS) is 17.7. The van der Waals surface area contributed by atoms with Crippen LogP contribution in [0.5, 0.6) is 0 Å². The van der Waals surface area contributed by atoms with Gasteiger partial charge in [0, 0.05) is 50.0 Å².